The molecule has 0 fully saturated rings. The number of hydrogen-bond acceptors (Lipinski definition) is 4. The van der Waals surface area contributed by atoms with Gasteiger partial charge in [-0.3, -0.25) is 0 Å². The van der Waals surface area contributed by atoms with Gasteiger partial charge < -0.3 is 14.4 Å². The second kappa shape index (κ2) is 6.22. The first-order chi connectivity index (χ1) is 6.51. The maximum Gasteiger partial charge on any atom is 0.409 e. The predicted molar refractivity (Wildman–Crippen MR) is 50.7 cm³/mol. The Morgan fingerprint density at radius 3 is 2.50 bits per heavy atom. The molecule has 0 aromatic heterocycles. The van der Waals surface area contributed by atoms with Gasteiger partial charge in [0.05, 0.1) is 18.7 Å². The fourth-order valence-electron chi connectivity index (χ4n) is 0.783. The molecule has 0 saturated heterocycles. The predicted octanol–water partition coefficient (Wildman–Crippen LogP) is 1.00. The fourth-order valence-corrected chi connectivity index (χ4v) is 0.783. The van der Waals surface area contributed by atoms with Gasteiger partial charge in [0, 0.05) is 14.2 Å². The van der Waals surface area contributed by atoms with Crippen LogP contribution in [0.2, 0.25) is 0 Å². The van der Waals surface area contributed by atoms with Gasteiger partial charge in [-0.25, -0.2) is 4.79 Å². The molecule has 5 heteroatoms. The van der Waals surface area contributed by atoms with Crippen LogP contribution in [0.4, 0.5) is 4.79 Å². The lowest BCUT2D eigenvalue weighted by atomic mass is 10.4. The third-order valence-electron chi connectivity index (χ3n) is 1.52. The zero-order valence-electron chi connectivity index (χ0n) is 8.98. The normalized spacial score (nSPS) is 12.0. The van der Waals surface area contributed by atoms with Crippen molar-refractivity contribution in [3.63, 3.8) is 0 Å². The van der Waals surface area contributed by atoms with Gasteiger partial charge in [0.15, 0.2) is 6.10 Å². The zero-order valence-corrected chi connectivity index (χ0v) is 8.98. The van der Waals surface area contributed by atoms with Crippen molar-refractivity contribution in [1.82, 2.24) is 4.90 Å². The van der Waals surface area contributed by atoms with Gasteiger partial charge in [-0.1, -0.05) is 0 Å². The minimum atomic E-state index is -0.611. The smallest absolute Gasteiger partial charge is 0.409 e. The van der Waals surface area contributed by atoms with Crippen molar-refractivity contribution >= 4 is 6.09 Å². The first-order valence-corrected chi connectivity index (χ1v) is 4.35. The molecule has 0 rings (SSSR count). The second-order valence-corrected chi connectivity index (χ2v) is 3.17. The Morgan fingerprint density at radius 2 is 2.14 bits per heavy atom. The average molecular weight is 200 g/mol. The molecule has 0 aromatic carbocycles. The molecule has 0 N–H and O–H groups in total. The second-order valence-electron chi connectivity index (χ2n) is 3.17. The standard InChI is InChI=1S/C9H16N2O3/c1-7(2)14-9(12)11(3)6-8(5-10)13-4/h7-8H,6H2,1-4H3. The Labute approximate surface area is 84.2 Å². The third kappa shape index (κ3) is 4.67. The van der Waals surface area contributed by atoms with Crippen LogP contribution in [0.1, 0.15) is 13.8 Å². The number of methoxy groups -OCH3 is 1. The average Bonchev–Trinajstić information content (AvgIpc) is 2.12. The molecular weight excluding hydrogens is 184 g/mol. The zero-order chi connectivity index (χ0) is 11.1. The minimum absolute atomic E-state index is 0.159. The summed E-state index contributed by atoms with van der Waals surface area (Å²) in [6.07, 6.45) is -1.22. The molecule has 0 aliphatic heterocycles. The molecule has 0 aliphatic carbocycles. The highest BCUT2D eigenvalue weighted by atomic mass is 16.6. The van der Waals surface area contributed by atoms with E-state index in [4.69, 9.17) is 14.7 Å². The lowest BCUT2D eigenvalue weighted by molar-refractivity contribution is 0.0635. The van der Waals surface area contributed by atoms with E-state index in [-0.39, 0.29) is 12.6 Å². The summed E-state index contributed by atoms with van der Waals surface area (Å²) in [5, 5.41) is 8.58. The summed E-state index contributed by atoms with van der Waals surface area (Å²) in [7, 11) is 2.99. The molecule has 80 valence electrons. The van der Waals surface area contributed by atoms with E-state index >= 15 is 0 Å². The van der Waals surface area contributed by atoms with E-state index < -0.39 is 12.2 Å². The van der Waals surface area contributed by atoms with Crippen LogP contribution in [0.15, 0.2) is 0 Å². The summed E-state index contributed by atoms with van der Waals surface area (Å²) >= 11 is 0. The van der Waals surface area contributed by atoms with E-state index in [9.17, 15) is 4.79 Å². The molecule has 1 amide bonds. The molecule has 1 unspecified atom stereocenters. The van der Waals surface area contributed by atoms with E-state index in [1.54, 1.807) is 20.9 Å². The maximum atomic E-state index is 11.3. The lowest BCUT2D eigenvalue weighted by Crippen LogP contribution is -2.36. The van der Waals surface area contributed by atoms with E-state index in [0.29, 0.717) is 0 Å². The number of ether oxygens (including phenoxy) is 2. The van der Waals surface area contributed by atoms with E-state index in [2.05, 4.69) is 0 Å². The van der Waals surface area contributed by atoms with Crippen LogP contribution >= 0.6 is 0 Å². The Morgan fingerprint density at radius 1 is 1.57 bits per heavy atom. The molecule has 0 bridgehead atoms. The number of carbonyl (C=O) groups is 1. The van der Waals surface area contributed by atoms with Gasteiger partial charge in [-0.05, 0) is 13.8 Å². The Balaban J connectivity index is 4.01. The van der Waals surface area contributed by atoms with Gasteiger partial charge >= 0.3 is 6.09 Å². The number of nitrogens with zero attached hydrogens (tertiary/aromatic N) is 2. The van der Waals surface area contributed by atoms with E-state index in [1.165, 1.54) is 12.0 Å². The molecule has 1 atom stereocenters. The summed E-state index contributed by atoms with van der Waals surface area (Å²) in [5.41, 5.74) is 0. The Hall–Kier alpha value is -1.28. The highest BCUT2D eigenvalue weighted by Crippen LogP contribution is 1.98. The van der Waals surface area contributed by atoms with Crippen LogP contribution < -0.4 is 0 Å². The highest BCUT2D eigenvalue weighted by molar-refractivity contribution is 5.67. The highest BCUT2D eigenvalue weighted by Gasteiger charge is 2.16. The van der Waals surface area contributed by atoms with Crippen molar-refractivity contribution in [1.29, 1.82) is 5.26 Å². The van der Waals surface area contributed by atoms with Crippen LogP contribution in [0.5, 0.6) is 0 Å². The van der Waals surface area contributed by atoms with Crippen LogP contribution in [-0.2, 0) is 9.47 Å². The first-order valence-electron chi connectivity index (χ1n) is 4.35. The summed E-state index contributed by atoms with van der Waals surface area (Å²) < 4.78 is 9.74. The van der Waals surface area contributed by atoms with Gasteiger partial charge in [-0.15, -0.1) is 0 Å². The largest absolute Gasteiger partial charge is 0.447 e. The first kappa shape index (κ1) is 12.7. The van der Waals surface area contributed by atoms with E-state index in [0.717, 1.165) is 0 Å². The van der Waals surface area contributed by atoms with Gasteiger partial charge in [0.1, 0.15) is 0 Å². The Kier molecular flexibility index (Phi) is 5.65. The topological polar surface area (TPSA) is 62.6 Å². The van der Waals surface area contributed by atoms with Gasteiger partial charge in [-0.2, -0.15) is 5.26 Å². The van der Waals surface area contributed by atoms with Crippen LogP contribution in [0.25, 0.3) is 0 Å². The number of amides is 1. The molecule has 0 aliphatic rings. The van der Waals surface area contributed by atoms with Crippen molar-refractivity contribution < 1.29 is 14.3 Å². The molecule has 0 spiro atoms. The number of rotatable bonds is 4. The van der Waals surface area contributed by atoms with Gasteiger partial charge in [0.25, 0.3) is 0 Å². The summed E-state index contributed by atoms with van der Waals surface area (Å²) in [5.74, 6) is 0. The lowest BCUT2D eigenvalue weighted by Gasteiger charge is -2.20. The Bertz CT molecular complexity index is 223. The summed E-state index contributed by atoms with van der Waals surface area (Å²) in [4.78, 5) is 12.6. The van der Waals surface area contributed by atoms with Crippen molar-refractivity contribution in [3.8, 4) is 6.07 Å². The van der Waals surface area contributed by atoms with Crippen molar-refractivity contribution in [3.05, 3.63) is 0 Å². The maximum absolute atomic E-state index is 11.3. The third-order valence-corrected chi connectivity index (χ3v) is 1.52. The number of hydrogen-bond donors (Lipinski definition) is 0. The molecule has 0 saturated carbocycles. The summed E-state index contributed by atoms with van der Waals surface area (Å²) in [6, 6.07) is 1.92. The molecular formula is C9H16N2O3. The SMILES string of the molecule is COC(C#N)CN(C)C(=O)OC(C)C. The monoisotopic (exact) mass is 200 g/mol. The quantitative estimate of drug-likeness (QED) is 0.679. The van der Waals surface area contributed by atoms with Crippen LogP contribution in [0.3, 0.4) is 0 Å². The minimum Gasteiger partial charge on any atom is -0.447 e. The van der Waals surface area contributed by atoms with Crippen molar-refractivity contribution in [2.45, 2.75) is 26.1 Å². The molecule has 0 heterocycles. The molecule has 5 nitrogen and oxygen atoms in total. The van der Waals surface area contributed by atoms with Crippen molar-refractivity contribution in [2.75, 3.05) is 20.7 Å². The summed E-state index contributed by atoms with van der Waals surface area (Å²) in [6.45, 7) is 3.74. The fraction of sp³-hybridized carbons (Fsp3) is 0.778. The molecule has 0 radical (unpaired) electrons. The number of likely N-dealkylation sites (N-methyl/N-ethyl adjacent to an activating group) is 1. The molecule has 0 aromatic rings. The number of carbonyl (C=O) groups excluding carboxylic acids is 1. The van der Waals surface area contributed by atoms with Crippen molar-refractivity contribution in [2.24, 2.45) is 0 Å². The number of nitriles is 1. The molecule has 14 heavy (non-hydrogen) atoms. The van der Waals surface area contributed by atoms with E-state index in [1.807, 2.05) is 6.07 Å². The van der Waals surface area contributed by atoms with Crippen LogP contribution in [-0.4, -0.2) is 43.9 Å². The van der Waals surface area contributed by atoms with Crippen LogP contribution in [0, 0.1) is 11.3 Å². The van der Waals surface area contributed by atoms with Gasteiger partial charge in [0.2, 0.25) is 0 Å².